The van der Waals surface area contributed by atoms with Crippen LogP contribution in [0.25, 0.3) is 11.1 Å². The summed E-state index contributed by atoms with van der Waals surface area (Å²) in [6, 6.07) is 22.5. The Morgan fingerprint density at radius 3 is 2.10 bits per heavy atom. The summed E-state index contributed by atoms with van der Waals surface area (Å²) in [6.07, 6.45) is 0. The minimum Gasteiger partial charge on any atom is -0.450 e. The maximum atomic E-state index is 11.5. The minimum absolute atomic E-state index is 0.0697. The standard InChI is InChI=1S/C24H25Cl2N2O3/c1-28(15-13-25,16-14-26)18-19-7-12-23(27(29)30)24(17-19)31-22-10-8-21(9-11-22)20-5-3-2-4-6-20/h2-12,17H,13-16,18H2,1H3/q+1. The van der Waals surface area contributed by atoms with Crippen molar-refractivity contribution in [1.82, 2.24) is 0 Å². The number of nitro groups is 1. The van der Waals surface area contributed by atoms with E-state index < -0.39 is 4.92 Å². The van der Waals surface area contributed by atoms with Gasteiger partial charge < -0.3 is 9.22 Å². The van der Waals surface area contributed by atoms with Crippen molar-refractivity contribution >= 4 is 28.9 Å². The third-order valence-electron chi connectivity index (χ3n) is 5.22. The molecule has 31 heavy (non-hydrogen) atoms. The molecule has 3 rings (SSSR count). The Morgan fingerprint density at radius 1 is 0.903 bits per heavy atom. The third kappa shape index (κ3) is 6.20. The lowest BCUT2D eigenvalue weighted by Crippen LogP contribution is -2.46. The molecule has 0 fully saturated rings. The highest BCUT2D eigenvalue weighted by molar-refractivity contribution is 6.18. The van der Waals surface area contributed by atoms with E-state index in [0.717, 1.165) is 29.8 Å². The first kappa shape index (κ1) is 23.1. The molecule has 0 amide bonds. The van der Waals surface area contributed by atoms with Crippen LogP contribution >= 0.6 is 23.2 Å². The van der Waals surface area contributed by atoms with Crippen molar-refractivity contribution in [2.45, 2.75) is 6.54 Å². The van der Waals surface area contributed by atoms with Gasteiger partial charge in [0, 0.05) is 11.6 Å². The van der Waals surface area contributed by atoms with Gasteiger partial charge in [0.25, 0.3) is 0 Å². The SMILES string of the molecule is C[N+](CCCl)(CCCl)Cc1ccc([N+](=O)[O-])c(Oc2ccc(-c3ccccc3)cc2)c1. The third-order valence-corrected chi connectivity index (χ3v) is 5.56. The molecule has 0 bridgehead atoms. The zero-order chi connectivity index (χ0) is 22.3. The number of ether oxygens (including phenoxy) is 1. The molecule has 0 unspecified atom stereocenters. The first-order valence-electron chi connectivity index (χ1n) is 10.0. The Balaban J connectivity index is 1.85. The van der Waals surface area contributed by atoms with Crippen LogP contribution in [-0.2, 0) is 6.54 Å². The predicted octanol–water partition coefficient (Wildman–Crippen LogP) is 6.48. The lowest BCUT2D eigenvalue weighted by Gasteiger charge is -2.33. The summed E-state index contributed by atoms with van der Waals surface area (Å²) in [5, 5.41) is 11.5. The molecule has 0 aliphatic carbocycles. The van der Waals surface area contributed by atoms with Crippen molar-refractivity contribution in [2.75, 3.05) is 31.9 Å². The van der Waals surface area contributed by atoms with E-state index in [1.807, 2.05) is 54.6 Å². The monoisotopic (exact) mass is 459 g/mol. The second kappa shape index (κ2) is 10.6. The fourth-order valence-corrected chi connectivity index (χ4v) is 4.30. The summed E-state index contributed by atoms with van der Waals surface area (Å²) < 4.78 is 6.58. The molecule has 0 saturated heterocycles. The summed E-state index contributed by atoms with van der Waals surface area (Å²) in [5.41, 5.74) is 3.00. The molecule has 0 N–H and O–H groups in total. The zero-order valence-corrected chi connectivity index (χ0v) is 18.9. The summed E-state index contributed by atoms with van der Waals surface area (Å²) in [4.78, 5) is 11.1. The molecule has 0 aliphatic rings. The minimum atomic E-state index is -0.428. The van der Waals surface area contributed by atoms with Gasteiger partial charge in [0.1, 0.15) is 12.3 Å². The van der Waals surface area contributed by atoms with Crippen LogP contribution in [0.15, 0.2) is 72.8 Å². The van der Waals surface area contributed by atoms with Crippen LogP contribution in [0.2, 0.25) is 0 Å². The van der Waals surface area contributed by atoms with Crippen molar-refractivity contribution in [1.29, 1.82) is 0 Å². The smallest absolute Gasteiger partial charge is 0.311 e. The fourth-order valence-electron chi connectivity index (χ4n) is 3.48. The van der Waals surface area contributed by atoms with Crippen LogP contribution in [0.1, 0.15) is 5.56 Å². The van der Waals surface area contributed by atoms with Crippen LogP contribution in [0, 0.1) is 10.1 Å². The fraction of sp³-hybridized carbons (Fsp3) is 0.250. The second-order valence-corrected chi connectivity index (χ2v) is 8.41. The van der Waals surface area contributed by atoms with Crippen LogP contribution in [-0.4, -0.2) is 41.3 Å². The van der Waals surface area contributed by atoms with E-state index in [0.29, 0.717) is 28.5 Å². The quantitative estimate of drug-likeness (QED) is 0.151. The lowest BCUT2D eigenvalue weighted by atomic mass is 10.1. The van der Waals surface area contributed by atoms with Crippen LogP contribution in [0.4, 0.5) is 5.69 Å². The second-order valence-electron chi connectivity index (χ2n) is 7.65. The van der Waals surface area contributed by atoms with Gasteiger partial charge in [0.05, 0.1) is 36.8 Å². The molecule has 0 saturated carbocycles. The highest BCUT2D eigenvalue weighted by Gasteiger charge is 2.24. The Hall–Kier alpha value is -2.60. The van der Waals surface area contributed by atoms with Gasteiger partial charge in [-0.2, -0.15) is 0 Å². The topological polar surface area (TPSA) is 52.4 Å². The Kier molecular flexibility index (Phi) is 7.91. The van der Waals surface area contributed by atoms with Gasteiger partial charge in [-0.15, -0.1) is 23.2 Å². The van der Waals surface area contributed by atoms with Crippen LogP contribution in [0.5, 0.6) is 11.5 Å². The van der Waals surface area contributed by atoms with Gasteiger partial charge in [-0.05, 0) is 35.4 Å². The Labute approximate surface area is 192 Å². The maximum absolute atomic E-state index is 11.5. The van der Waals surface area contributed by atoms with Gasteiger partial charge in [-0.3, -0.25) is 10.1 Å². The van der Waals surface area contributed by atoms with Crippen molar-refractivity contribution < 1.29 is 14.1 Å². The Morgan fingerprint density at radius 2 is 1.52 bits per heavy atom. The van der Waals surface area contributed by atoms with Crippen molar-refractivity contribution in [2.24, 2.45) is 0 Å². The highest BCUT2D eigenvalue weighted by atomic mass is 35.5. The van der Waals surface area contributed by atoms with E-state index in [1.54, 1.807) is 12.1 Å². The first-order valence-corrected chi connectivity index (χ1v) is 11.1. The summed E-state index contributed by atoms with van der Waals surface area (Å²) in [5.74, 6) is 1.78. The molecule has 0 radical (unpaired) electrons. The van der Waals surface area contributed by atoms with E-state index in [-0.39, 0.29) is 11.4 Å². The molecule has 0 aliphatic heterocycles. The largest absolute Gasteiger partial charge is 0.450 e. The van der Waals surface area contributed by atoms with Crippen LogP contribution in [0.3, 0.4) is 0 Å². The van der Waals surface area contributed by atoms with E-state index >= 15 is 0 Å². The maximum Gasteiger partial charge on any atom is 0.311 e. The summed E-state index contributed by atoms with van der Waals surface area (Å²) >= 11 is 12.0. The van der Waals surface area contributed by atoms with E-state index in [4.69, 9.17) is 27.9 Å². The number of rotatable bonds is 10. The number of hydrogen-bond donors (Lipinski definition) is 0. The van der Waals surface area contributed by atoms with Gasteiger partial charge in [0.2, 0.25) is 5.75 Å². The number of quaternary nitrogens is 1. The van der Waals surface area contributed by atoms with Gasteiger partial charge in [0.15, 0.2) is 0 Å². The molecule has 0 spiro atoms. The average Bonchev–Trinajstić information content (AvgIpc) is 2.75. The molecule has 162 valence electrons. The van der Waals surface area contributed by atoms with E-state index in [2.05, 4.69) is 7.05 Å². The number of nitrogens with zero attached hydrogens (tertiary/aromatic N) is 2. The summed E-state index contributed by atoms with van der Waals surface area (Å²) in [7, 11) is 2.08. The average molecular weight is 460 g/mol. The lowest BCUT2D eigenvalue weighted by molar-refractivity contribution is -0.918. The highest BCUT2D eigenvalue weighted by Crippen LogP contribution is 2.34. The number of nitro benzene ring substituents is 1. The zero-order valence-electron chi connectivity index (χ0n) is 17.3. The summed E-state index contributed by atoms with van der Waals surface area (Å²) in [6.45, 7) is 2.16. The number of halogens is 2. The number of benzene rings is 3. The van der Waals surface area contributed by atoms with Crippen molar-refractivity contribution in [3.05, 3.63) is 88.5 Å². The van der Waals surface area contributed by atoms with Gasteiger partial charge in [-0.1, -0.05) is 42.5 Å². The molecule has 0 atom stereocenters. The van der Waals surface area contributed by atoms with Gasteiger partial charge in [-0.25, -0.2) is 0 Å². The molecule has 7 heteroatoms. The van der Waals surface area contributed by atoms with Crippen LogP contribution < -0.4 is 4.74 Å². The Bertz CT molecular complexity index is 1010. The molecular formula is C24H25Cl2N2O3+. The van der Waals surface area contributed by atoms with E-state index in [1.165, 1.54) is 6.07 Å². The molecule has 5 nitrogen and oxygen atoms in total. The first-order chi connectivity index (χ1) is 14.9. The number of hydrogen-bond acceptors (Lipinski definition) is 3. The molecule has 3 aromatic rings. The predicted molar refractivity (Wildman–Crippen MR) is 126 cm³/mol. The van der Waals surface area contributed by atoms with Gasteiger partial charge >= 0.3 is 5.69 Å². The molecule has 3 aromatic carbocycles. The molecule has 0 heterocycles. The molecule has 0 aromatic heterocycles. The van der Waals surface area contributed by atoms with E-state index in [9.17, 15) is 10.1 Å². The number of alkyl halides is 2. The van der Waals surface area contributed by atoms with Crippen molar-refractivity contribution in [3.8, 4) is 22.6 Å². The normalized spacial score (nSPS) is 11.3. The van der Waals surface area contributed by atoms with Crippen molar-refractivity contribution in [3.63, 3.8) is 0 Å². The molecular weight excluding hydrogens is 435 g/mol.